The van der Waals surface area contributed by atoms with Crippen molar-refractivity contribution in [2.24, 2.45) is 0 Å². The first-order chi connectivity index (χ1) is 13.2. The summed E-state index contributed by atoms with van der Waals surface area (Å²) in [7, 11) is 0. The normalized spacial score (nSPS) is 14.7. The van der Waals surface area contributed by atoms with Crippen LogP contribution in [0.3, 0.4) is 0 Å². The van der Waals surface area contributed by atoms with E-state index in [-0.39, 0.29) is 18.4 Å². The van der Waals surface area contributed by atoms with E-state index in [4.69, 9.17) is 9.26 Å². The number of anilines is 1. The van der Waals surface area contributed by atoms with Gasteiger partial charge in [-0.15, -0.1) is 0 Å². The molecular weight excluding hydrogens is 348 g/mol. The Kier molecular flexibility index (Phi) is 6.95. The van der Waals surface area contributed by atoms with Gasteiger partial charge in [-0.2, -0.15) is 0 Å². The monoisotopic (exact) mass is 372 g/mol. The van der Waals surface area contributed by atoms with E-state index in [1.165, 1.54) is 6.26 Å². The largest absolute Gasteiger partial charge is 0.379 e. The zero-order valence-corrected chi connectivity index (χ0v) is 15.2. The van der Waals surface area contributed by atoms with E-state index < -0.39 is 0 Å². The van der Waals surface area contributed by atoms with Gasteiger partial charge in [-0.05, 0) is 18.6 Å². The molecule has 2 heterocycles. The van der Waals surface area contributed by atoms with Crippen LogP contribution >= 0.6 is 0 Å². The Morgan fingerprint density at radius 3 is 2.63 bits per heavy atom. The van der Waals surface area contributed by atoms with Crippen molar-refractivity contribution in [1.29, 1.82) is 0 Å². The highest BCUT2D eigenvalue weighted by Gasteiger charge is 2.20. The Bertz CT molecular complexity index is 715. The first kappa shape index (κ1) is 19.1. The van der Waals surface area contributed by atoms with Crippen LogP contribution in [0.1, 0.15) is 16.8 Å². The summed E-state index contributed by atoms with van der Waals surface area (Å²) in [6, 6.07) is 10.6. The van der Waals surface area contributed by atoms with Crippen LogP contribution in [0.25, 0.3) is 0 Å². The lowest BCUT2D eigenvalue weighted by Gasteiger charge is -2.28. The highest BCUT2D eigenvalue weighted by atomic mass is 16.5. The van der Waals surface area contributed by atoms with Crippen LogP contribution in [0.5, 0.6) is 0 Å². The fraction of sp³-hybridized carbons (Fsp3) is 0.421. The van der Waals surface area contributed by atoms with Gasteiger partial charge in [0.25, 0.3) is 5.91 Å². The maximum absolute atomic E-state index is 12.8. The van der Waals surface area contributed by atoms with Crippen LogP contribution in [-0.2, 0) is 9.53 Å². The number of hydrogen-bond donors (Lipinski definition) is 1. The highest BCUT2D eigenvalue weighted by Crippen LogP contribution is 2.08. The van der Waals surface area contributed by atoms with Gasteiger partial charge in [-0.1, -0.05) is 23.4 Å². The van der Waals surface area contributed by atoms with Crippen LogP contribution in [-0.4, -0.2) is 72.7 Å². The van der Waals surface area contributed by atoms with Gasteiger partial charge in [0, 0.05) is 37.8 Å². The van der Waals surface area contributed by atoms with E-state index in [1.807, 2.05) is 18.2 Å². The molecule has 8 nitrogen and oxygen atoms in total. The molecule has 2 amide bonds. The van der Waals surface area contributed by atoms with Crippen molar-refractivity contribution in [3.05, 3.63) is 48.2 Å². The maximum Gasteiger partial charge on any atom is 0.254 e. The van der Waals surface area contributed by atoms with Gasteiger partial charge < -0.3 is 19.5 Å². The number of nitrogens with one attached hydrogen (secondary N) is 1. The molecule has 0 atom stereocenters. The lowest BCUT2D eigenvalue weighted by atomic mass is 10.2. The molecule has 1 aliphatic rings. The topological polar surface area (TPSA) is 87.9 Å². The highest BCUT2D eigenvalue weighted by molar-refractivity contribution is 5.99. The molecule has 27 heavy (non-hydrogen) atoms. The molecule has 1 aromatic carbocycles. The Morgan fingerprint density at radius 1 is 1.15 bits per heavy atom. The van der Waals surface area contributed by atoms with Gasteiger partial charge in [0.15, 0.2) is 5.82 Å². The number of benzene rings is 1. The number of hydrogen-bond acceptors (Lipinski definition) is 6. The van der Waals surface area contributed by atoms with Crippen molar-refractivity contribution >= 4 is 17.6 Å². The van der Waals surface area contributed by atoms with Gasteiger partial charge in [-0.3, -0.25) is 14.5 Å². The predicted octanol–water partition coefficient (Wildman–Crippen LogP) is 1.48. The minimum Gasteiger partial charge on any atom is -0.379 e. The Balaban J connectivity index is 1.58. The maximum atomic E-state index is 12.8. The summed E-state index contributed by atoms with van der Waals surface area (Å²) >= 11 is 0. The number of carbonyl (C=O) groups is 2. The van der Waals surface area contributed by atoms with Crippen molar-refractivity contribution in [1.82, 2.24) is 15.0 Å². The summed E-state index contributed by atoms with van der Waals surface area (Å²) in [5, 5.41) is 6.29. The Morgan fingerprint density at radius 2 is 1.93 bits per heavy atom. The van der Waals surface area contributed by atoms with Crippen LogP contribution in [0.2, 0.25) is 0 Å². The second-order valence-corrected chi connectivity index (χ2v) is 6.33. The molecule has 0 radical (unpaired) electrons. The predicted molar refractivity (Wildman–Crippen MR) is 99.4 cm³/mol. The summed E-state index contributed by atoms with van der Waals surface area (Å²) in [5.41, 5.74) is 0.568. The summed E-state index contributed by atoms with van der Waals surface area (Å²) in [6.07, 6.45) is 2.17. The number of morpholine rings is 1. The SMILES string of the molecule is O=C(CN(CCCN1CCOCC1)C(=O)c1ccccc1)Nc1ccon1. The molecule has 3 rings (SSSR count). The molecule has 2 aromatic rings. The number of ether oxygens (including phenoxy) is 1. The fourth-order valence-electron chi connectivity index (χ4n) is 2.96. The Hall–Kier alpha value is -2.71. The average Bonchev–Trinajstić information content (AvgIpc) is 3.21. The summed E-state index contributed by atoms with van der Waals surface area (Å²) < 4.78 is 10.1. The van der Waals surface area contributed by atoms with Crippen LogP contribution < -0.4 is 5.32 Å². The summed E-state index contributed by atoms with van der Waals surface area (Å²) in [6.45, 7) is 4.62. The molecule has 0 bridgehead atoms. The molecule has 8 heteroatoms. The number of nitrogens with zero attached hydrogens (tertiary/aromatic N) is 3. The first-order valence-corrected chi connectivity index (χ1v) is 9.07. The van der Waals surface area contributed by atoms with Gasteiger partial charge in [-0.25, -0.2) is 0 Å². The number of amides is 2. The molecule has 0 unspecified atom stereocenters. The van der Waals surface area contributed by atoms with Crippen molar-refractivity contribution in [3.8, 4) is 0 Å². The molecule has 0 spiro atoms. The van der Waals surface area contributed by atoms with E-state index in [0.29, 0.717) is 17.9 Å². The third kappa shape index (κ3) is 5.90. The van der Waals surface area contributed by atoms with Crippen LogP contribution in [0, 0.1) is 0 Å². The minimum atomic E-state index is -0.306. The number of rotatable bonds is 8. The molecule has 0 aliphatic carbocycles. The van der Waals surface area contributed by atoms with Gasteiger partial charge in [0.05, 0.1) is 13.2 Å². The van der Waals surface area contributed by atoms with Crippen molar-refractivity contribution in [2.45, 2.75) is 6.42 Å². The summed E-state index contributed by atoms with van der Waals surface area (Å²) in [4.78, 5) is 29.0. The third-order valence-corrected chi connectivity index (χ3v) is 4.35. The molecule has 1 aliphatic heterocycles. The van der Waals surface area contributed by atoms with E-state index in [9.17, 15) is 9.59 Å². The van der Waals surface area contributed by atoms with E-state index in [2.05, 4.69) is 15.4 Å². The third-order valence-electron chi connectivity index (χ3n) is 4.35. The number of aromatic nitrogens is 1. The van der Waals surface area contributed by atoms with Gasteiger partial charge >= 0.3 is 0 Å². The second kappa shape index (κ2) is 9.84. The lowest BCUT2D eigenvalue weighted by molar-refractivity contribution is -0.117. The quantitative estimate of drug-likeness (QED) is 0.755. The molecular formula is C19H24N4O4. The standard InChI is InChI=1S/C19H24N4O4/c24-18(20-17-7-12-27-21-17)15-23(19(25)16-5-2-1-3-6-16)9-4-8-22-10-13-26-14-11-22/h1-3,5-7,12H,4,8-11,13-15H2,(H,20,21,24). The van der Waals surface area contributed by atoms with E-state index >= 15 is 0 Å². The van der Waals surface area contributed by atoms with E-state index in [0.717, 1.165) is 39.3 Å². The lowest BCUT2D eigenvalue weighted by Crippen LogP contribution is -2.41. The zero-order valence-electron chi connectivity index (χ0n) is 15.2. The fourth-order valence-corrected chi connectivity index (χ4v) is 2.96. The molecule has 1 fully saturated rings. The molecule has 1 aromatic heterocycles. The average molecular weight is 372 g/mol. The molecule has 144 valence electrons. The molecule has 0 saturated carbocycles. The van der Waals surface area contributed by atoms with Crippen LogP contribution in [0.15, 0.2) is 47.2 Å². The second-order valence-electron chi connectivity index (χ2n) is 6.33. The van der Waals surface area contributed by atoms with Crippen molar-refractivity contribution in [3.63, 3.8) is 0 Å². The minimum absolute atomic E-state index is 0.0380. The smallest absolute Gasteiger partial charge is 0.254 e. The zero-order chi connectivity index (χ0) is 18.9. The van der Waals surface area contributed by atoms with Gasteiger partial charge in [0.1, 0.15) is 12.8 Å². The first-order valence-electron chi connectivity index (χ1n) is 9.07. The van der Waals surface area contributed by atoms with Crippen molar-refractivity contribution in [2.75, 3.05) is 51.3 Å². The van der Waals surface area contributed by atoms with Gasteiger partial charge in [0.2, 0.25) is 5.91 Å². The summed E-state index contributed by atoms with van der Waals surface area (Å²) in [5.74, 6) is -0.132. The number of carbonyl (C=O) groups excluding carboxylic acids is 2. The Labute approximate surface area is 158 Å². The molecule has 1 saturated heterocycles. The van der Waals surface area contributed by atoms with E-state index in [1.54, 1.807) is 23.1 Å². The molecule has 1 N–H and O–H groups in total. The van der Waals surface area contributed by atoms with Crippen LogP contribution in [0.4, 0.5) is 5.82 Å². The van der Waals surface area contributed by atoms with Crippen molar-refractivity contribution < 1.29 is 18.8 Å².